The fourth-order valence-electron chi connectivity index (χ4n) is 1.39. The quantitative estimate of drug-likeness (QED) is 0.283. The van der Waals surface area contributed by atoms with Gasteiger partial charge in [-0.25, -0.2) is 0 Å². The highest BCUT2D eigenvalue weighted by Crippen LogP contribution is 2.25. The molecule has 0 saturated heterocycles. The Morgan fingerprint density at radius 1 is 1.00 bits per heavy atom. The van der Waals surface area contributed by atoms with E-state index >= 15 is 0 Å². The van der Waals surface area contributed by atoms with Crippen LogP contribution in [0.15, 0.2) is 0 Å². The zero-order valence-electron chi connectivity index (χ0n) is 5.96. The van der Waals surface area contributed by atoms with Crippen molar-refractivity contribution in [2.45, 2.75) is 24.4 Å². The molecule has 0 spiro atoms. The van der Waals surface area contributed by atoms with Crippen LogP contribution in [-0.4, -0.2) is 51.4 Å². The number of aliphatic hydroxyl groups is 4. The highest BCUT2D eigenvalue weighted by molar-refractivity contribution is 4.99. The first kappa shape index (κ1) is 8.89. The molecule has 0 unspecified atom stereocenters. The Kier molecular flexibility index (Phi) is 2.46. The minimum absolute atomic E-state index is 0.323. The summed E-state index contributed by atoms with van der Waals surface area (Å²) in [5.41, 5.74) is 5.38. The van der Waals surface area contributed by atoms with Gasteiger partial charge in [-0.2, -0.15) is 0 Å². The molecule has 5 nitrogen and oxygen atoms in total. The van der Waals surface area contributed by atoms with Gasteiger partial charge in [0, 0.05) is 12.0 Å². The molecular formula is C6H13NO4. The maximum Gasteiger partial charge on any atom is 0.108 e. The lowest BCUT2D eigenvalue weighted by molar-refractivity contribution is -0.0307. The minimum Gasteiger partial charge on any atom is -0.396 e. The Balaban J connectivity index is 2.69. The SMILES string of the molecule is N[C@@H]1[C@H](O)[C@@H](O)[C@@H](O)[C@H]1CO. The van der Waals surface area contributed by atoms with E-state index in [9.17, 15) is 0 Å². The Bertz CT molecular complexity index is 129. The molecule has 0 aromatic carbocycles. The van der Waals surface area contributed by atoms with E-state index in [0.717, 1.165) is 0 Å². The molecular weight excluding hydrogens is 150 g/mol. The monoisotopic (exact) mass is 163 g/mol. The molecule has 0 aromatic heterocycles. The Morgan fingerprint density at radius 3 is 1.73 bits per heavy atom. The van der Waals surface area contributed by atoms with Crippen molar-refractivity contribution >= 4 is 0 Å². The third-order valence-corrected chi connectivity index (χ3v) is 2.24. The van der Waals surface area contributed by atoms with E-state index in [1.165, 1.54) is 0 Å². The van der Waals surface area contributed by atoms with Crippen LogP contribution in [0, 0.1) is 5.92 Å². The molecule has 5 heteroatoms. The highest BCUT2D eigenvalue weighted by Gasteiger charge is 2.46. The predicted octanol–water partition coefficient (Wildman–Crippen LogP) is -2.98. The van der Waals surface area contributed by atoms with E-state index in [4.69, 9.17) is 26.2 Å². The number of nitrogens with two attached hydrogens (primary N) is 1. The first-order valence-electron chi connectivity index (χ1n) is 3.50. The molecule has 5 atom stereocenters. The molecule has 0 aromatic rings. The van der Waals surface area contributed by atoms with Gasteiger partial charge in [0.1, 0.15) is 6.10 Å². The molecule has 0 heterocycles. The van der Waals surface area contributed by atoms with E-state index in [1.807, 2.05) is 0 Å². The number of hydrogen-bond donors (Lipinski definition) is 5. The molecule has 66 valence electrons. The van der Waals surface area contributed by atoms with Crippen LogP contribution in [0.25, 0.3) is 0 Å². The third kappa shape index (κ3) is 1.25. The summed E-state index contributed by atoms with van der Waals surface area (Å²) in [6.45, 7) is -0.323. The van der Waals surface area contributed by atoms with E-state index in [0.29, 0.717) is 0 Å². The number of aliphatic hydroxyl groups excluding tert-OH is 4. The first-order chi connectivity index (χ1) is 5.09. The standard InChI is InChI=1S/C6H13NO4/c7-3-2(1-8)4(9)6(11)5(3)10/h2-6,8-11H,1,7H2/t2-,3-,4-,5-,6-/m0/s1. The van der Waals surface area contributed by atoms with Crippen molar-refractivity contribution in [1.29, 1.82) is 0 Å². The lowest BCUT2D eigenvalue weighted by Crippen LogP contribution is -2.39. The molecule has 0 amide bonds. The summed E-state index contributed by atoms with van der Waals surface area (Å²) in [6, 6.07) is -0.745. The van der Waals surface area contributed by atoms with Gasteiger partial charge in [-0.05, 0) is 0 Å². The topological polar surface area (TPSA) is 107 Å². The van der Waals surface area contributed by atoms with Crippen LogP contribution >= 0.6 is 0 Å². The second-order valence-corrected chi connectivity index (χ2v) is 2.90. The summed E-state index contributed by atoms with van der Waals surface area (Å²) >= 11 is 0. The lowest BCUT2D eigenvalue weighted by Gasteiger charge is -2.15. The van der Waals surface area contributed by atoms with Crippen molar-refractivity contribution < 1.29 is 20.4 Å². The van der Waals surface area contributed by atoms with E-state index in [-0.39, 0.29) is 6.61 Å². The van der Waals surface area contributed by atoms with E-state index in [1.54, 1.807) is 0 Å². The lowest BCUT2D eigenvalue weighted by atomic mass is 10.0. The van der Waals surface area contributed by atoms with Crippen LogP contribution in [0.3, 0.4) is 0 Å². The van der Waals surface area contributed by atoms with Crippen molar-refractivity contribution in [1.82, 2.24) is 0 Å². The van der Waals surface area contributed by atoms with Gasteiger partial charge in [0.25, 0.3) is 0 Å². The molecule has 11 heavy (non-hydrogen) atoms. The summed E-state index contributed by atoms with van der Waals surface area (Å²) in [7, 11) is 0. The van der Waals surface area contributed by atoms with Gasteiger partial charge in [0.15, 0.2) is 0 Å². The van der Waals surface area contributed by atoms with Gasteiger partial charge >= 0.3 is 0 Å². The average molecular weight is 163 g/mol. The van der Waals surface area contributed by atoms with Gasteiger partial charge < -0.3 is 26.2 Å². The Labute approximate surface area is 64.1 Å². The van der Waals surface area contributed by atoms with Crippen LogP contribution in [0.4, 0.5) is 0 Å². The fourth-order valence-corrected chi connectivity index (χ4v) is 1.39. The molecule has 1 aliphatic carbocycles. The average Bonchev–Trinajstić information content (AvgIpc) is 2.17. The van der Waals surface area contributed by atoms with Gasteiger partial charge in [-0.15, -0.1) is 0 Å². The van der Waals surface area contributed by atoms with Crippen LogP contribution < -0.4 is 5.73 Å². The van der Waals surface area contributed by atoms with Crippen molar-refractivity contribution in [3.8, 4) is 0 Å². The summed E-state index contributed by atoms with van der Waals surface area (Å²) in [4.78, 5) is 0. The molecule has 6 N–H and O–H groups in total. The normalized spacial score (nSPS) is 51.5. The summed E-state index contributed by atoms with van der Waals surface area (Å²) < 4.78 is 0. The number of hydrogen-bond acceptors (Lipinski definition) is 5. The molecule has 1 rings (SSSR count). The maximum atomic E-state index is 9.15. The Hall–Kier alpha value is -0.200. The van der Waals surface area contributed by atoms with Crippen LogP contribution in [0.2, 0.25) is 0 Å². The van der Waals surface area contributed by atoms with Crippen LogP contribution in [-0.2, 0) is 0 Å². The van der Waals surface area contributed by atoms with E-state index < -0.39 is 30.3 Å². The maximum absolute atomic E-state index is 9.15. The van der Waals surface area contributed by atoms with Gasteiger partial charge in [0.05, 0.1) is 18.8 Å². The molecule has 0 bridgehead atoms. The molecule has 1 fully saturated rings. The zero-order chi connectivity index (χ0) is 8.59. The van der Waals surface area contributed by atoms with Gasteiger partial charge in [-0.1, -0.05) is 0 Å². The molecule has 1 aliphatic rings. The van der Waals surface area contributed by atoms with Crippen LogP contribution in [0.1, 0.15) is 0 Å². The smallest absolute Gasteiger partial charge is 0.108 e. The van der Waals surface area contributed by atoms with Crippen LogP contribution in [0.5, 0.6) is 0 Å². The van der Waals surface area contributed by atoms with Crippen molar-refractivity contribution in [2.75, 3.05) is 6.61 Å². The molecule has 1 saturated carbocycles. The van der Waals surface area contributed by atoms with Crippen molar-refractivity contribution in [3.63, 3.8) is 0 Å². The first-order valence-corrected chi connectivity index (χ1v) is 3.50. The molecule has 0 radical (unpaired) electrons. The van der Waals surface area contributed by atoms with Gasteiger partial charge in [-0.3, -0.25) is 0 Å². The van der Waals surface area contributed by atoms with Crippen molar-refractivity contribution in [2.24, 2.45) is 11.7 Å². The second-order valence-electron chi connectivity index (χ2n) is 2.90. The highest BCUT2D eigenvalue weighted by atomic mass is 16.4. The van der Waals surface area contributed by atoms with Crippen molar-refractivity contribution in [3.05, 3.63) is 0 Å². The summed E-state index contributed by atoms with van der Waals surface area (Å²) in [5, 5.41) is 36.0. The molecule has 0 aliphatic heterocycles. The Morgan fingerprint density at radius 2 is 1.55 bits per heavy atom. The predicted molar refractivity (Wildman–Crippen MR) is 36.6 cm³/mol. The zero-order valence-corrected chi connectivity index (χ0v) is 5.96. The fraction of sp³-hybridized carbons (Fsp3) is 1.00. The second kappa shape index (κ2) is 3.04. The summed E-state index contributed by atoms with van der Waals surface area (Å²) in [5.74, 6) is -0.625. The number of rotatable bonds is 1. The minimum atomic E-state index is -1.23. The van der Waals surface area contributed by atoms with E-state index in [2.05, 4.69) is 0 Å². The third-order valence-electron chi connectivity index (χ3n) is 2.24. The summed E-state index contributed by atoms with van der Waals surface area (Å²) in [6.07, 6.45) is -3.49. The van der Waals surface area contributed by atoms with Gasteiger partial charge in [0.2, 0.25) is 0 Å². The largest absolute Gasteiger partial charge is 0.396 e.